The molecule has 0 bridgehead atoms. The Labute approximate surface area is 99.1 Å². The predicted octanol–water partition coefficient (Wildman–Crippen LogP) is 1.52. The number of carboxylic acid groups (broad SMARTS) is 1. The van der Waals surface area contributed by atoms with E-state index in [0.29, 0.717) is 12.3 Å². The molecule has 1 fully saturated rings. The van der Waals surface area contributed by atoms with Crippen LogP contribution < -0.4 is 10.5 Å². The first-order chi connectivity index (χ1) is 8.18. The molecule has 1 aromatic rings. The maximum absolute atomic E-state index is 11.0. The molecule has 1 heterocycles. The van der Waals surface area contributed by atoms with Crippen LogP contribution in [0, 0.1) is 0 Å². The fraction of sp³-hybridized carbons (Fsp3) is 0.417. The maximum Gasteiger partial charge on any atom is 0.339 e. The Hall–Kier alpha value is -1.75. The van der Waals surface area contributed by atoms with E-state index in [0.717, 1.165) is 19.4 Å². The molecule has 0 spiro atoms. The van der Waals surface area contributed by atoms with E-state index in [2.05, 4.69) is 0 Å². The molecule has 1 saturated heterocycles. The van der Waals surface area contributed by atoms with Gasteiger partial charge < -0.3 is 20.3 Å². The Morgan fingerprint density at radius 2 is 2.41 bits per heavy atom. The zero-order chi connectivity index (χ0) is 12.3. The molecule has 92 valence electrons. The highest BCUT2D eigenvalue weighted by atomic mass is 16.5. The van der Waals surface area contributed by atoms with Crippen molar-refractivity contribution in [2.45, 2.75) is 18.9 Å². The molecule has 17 heavy (non-hydrogen) atoms. The Morgan fingerprint density at radius 1 is 1.59 bits per heavy atom. The molecule has 2 rings (SSSR count). The van der Waals surface area contributed by atoms with Crippen molar-refractivity contribution >= 4 is 11.7 Å². The lowest BCUT2D eigenvalue weighted by Crippen LogP contribution is -2.18. The van der Waals surface area contributed by atoms with Crippen LogP contribution in [0.1, 0.15) is 23.2 Å². The number of para-hydroxylation sites is 1. The third-order valence-corrected chi connectivity index (χ3v) is 2.71. The lowest BCUT2D eigenvalue weighted by molar-refractivity contribution is 0.0631. The summed E-state index contributed by atoms with van der Waals surface area (Å²) in [6.07, 6.45) is 2.00. The van der Waals surface area contributed by atoms with Gasteiger partial charge >= 0.3 is 5.97 Å². The fourth-order valence-electron chi connectivity index (χ4n) is 1.84. The molecule has 0 aliphatic carbocycles. The minimum atomic E-state index is -1.04. The molecule has 1 unspecified atom stereocenters. The standard InChI is InChI=1S/C12H15NO4/c13-10-5-1-4-9(12(14)15)11(10)17-7-8-3-2-6-16-8/h1,4-5,8H,2-3,6-7,13H2,(H,14,15). The first-order valence-electron chi connectivity index (χ1n) is 5.54. The van der Waals surface area contributed by atoms with E-state index in [4.69, 9.17) is 20.3 Å². The fourth-order valence-corrected chi connectivity index (χ4v) is 1.84. The summed E-state index contributed by atoms with van der Waals surface area (Å²) in [5.74, 6) is -0.810. The maximum atomic E-state index is 11.0. The van der Waals surface area contributed by atoms with Gasteiger partial charge in [-0.2, -0.15) is 0 Å². The minimum Gasteiger partial charge on any atom is -0.488 e. The first-order valence-corrected chi connectivity index (χ1v) is 5.54. The number of carboxylic acids is 1. The monoisotopic (exact) mass is 237 g/mol. The van der Waals surface area contributed by atoms with Crippen molar-refractivity contribution < 1.29 is 19.4 Å². The van der Waals surface area contributed by atoms with Crippen LogP contribution in [-0.2, 0) is 4.74 Å². The van der Waals surface area contributed by atoms with E-state index in [9.17, 15) is 4.79 Å². The normalized spacial score (nSPS) is 19.2. The summed E-state index contributed by atoms with van der Waals surface area (Å²) < 4.78 is 10.9. The predicted molar refractivity (Wildman–Crippen MR) is 62.3 cm³/mol. The minimum absolute atomic E-state index is 0.0382. The van der Waals surface area contributed by atoms with Crippen LogP contribution in [0.5, 0.6) is 5.75 Å². The molecule has 1 aliphatic rings. The number of carbonyl (C=O) groups is 1. The molecule has 3 N–H and O–H groups in total. The summed E-state index contributed by atoms with van der Waals surface area (Å²) in [6.45, 7) is 1.08. The summed E-state index contributed by atoms with van der Waals surface area (Å²) >= 11 is 0. The molecule has 0 aromatic heterocycles. The average Bonchev–Trinajstić information content (AvgIpc) is 2.80. The van der Waals surface area contributed by atoms with Gasteiger partial charge in [-0.15, -0.1) is 0 Å². The van der Waals surface area contributed by atoms with E-state index in [1.807, 2.05) is 0 Å². The number of ether oxygens (including phenoxy) is 2. The van der Waals surface area contributed by atoms with Crippen molar-refractivity contribution in [3.8, 4) is 5.75 Å². The molecule has 1 atom stereocenters. The van der Waals surface area contributed by atoms with Gasteiger partial charge in [-0.1, -0.05) is 6.07 Å². The third-order valence-electron chi connectivity index (χ3n) is 2.71. The summed E-state index contributed by atoms with van der Waals surface area (Å²) in [7, 11) is 0. The van der Waals surface area contributed by atoms with Crippen LogP contribution in [0.2, 0.25) is 0 Å². The largest absolute Gasteiger partial charge is 0.488 e. The average molecular weight is 237 g/mol. The number of hydrogen-bond acceptors (Lipinski definition) is 4. The quantitative estimate of drug-likeness (QED) is 0.776. The topological polar surface area (TPSA) is 81.8 Å². The lowest BCUT2D eigenvalue weighted by Gasteiger charge is -2.14. The Morgan fingerprint density at radius 3 is 3.06 bits per heavy atom. The second-order valence-electron chi connectivity index (χ2n) is 3.98. The summed E-state index contributed by atoms with van der Waals surface area (Å²) in [5, 5.41) is 9.02. The molecule has 0 saturated carbocycles. The van der Waals surface area contributed by atoms with Gasteiger partial charge in [0.2, 0.25) is 0 Å². The smallest absolute Gasteiger partial charge is 0.339 e. The Kier molecular flexibility index (Phi) is 3.49. The lowest BCUT2D eigenvalue weighted by atomic mass is 10.1. The molecule has 0 amide bonds. The highest BCUT2D eigenvalue weighted by molar-refractivity contribution is 5.93. The van der Waals surface area contributed by atoms with E-state index in [1.165, 1.54) is 6.07 Å². The first kappa shape index (κ1) is 11.7. The van der Waals surface area contributed by atoms with Crippen LogP contribution in [0.4, 0.5) is 5.69 Å². The van der Waals surface area contributed by atoms with E-state index < -0.39 is 5.97 Å². The Balaban J connectivity index is 2.10. The van der Waals surface area contributed by atoms with E-state index in [1.54, 1.807) is 12.1 Å². The van der Waals surface area contributed by atoms with Gasteiger partial charge in [-0.25, -0.2) is 4.79 Å². The van der Waals surface area contributed by atoms with Crippen molar-refractivity contribution in [1.82, 2.24) is 0 Å². The number of nitrogen functional groups attached to an aromatic ring is 1. The van der Waals surface area contributed by atoms with Crippen molar-refractivity contribution in [2.75, 3.05) is 18.9 Å². The molecule has 1 aromatic carbocycles. The molecule has 0 radical (unpaired) electrons. The van der Waals surface area contributed by atoms with E-state index >= 15 is 0 Å². The van der Waals surface area contributed by atoms with Gasteiger partial charge in [0.05, 0.1) is 11.8 Å². The zero-order valence-corrected chi connectivity index (χ0v) is 9.39. The Bertz CT molecular complexity index is 413. The van der Waals surface area contributed by atoms with Crippen LogP contribution in [0.3, 0.4) is 0 Å². The molecule has 5 nitrogen and oxygen atoms in total. The molecule has 1 aliphatic heterocycles. The van der Waals surface area contributed by atoms with Gasteiger partial charge in [-0.05, 0) is 25.0 Å². The van der Waals surface area contributed by atoms with Crippen molar-refractivity contribution in [3.05, 3.63) is 23.8 Å². The number of aromatic carboxylic acids is 1. The summed E-state index contributed by atoms with van der Waals surface area (Å²) in [6, 6.07) is 4.69. The van der Waals surface area contributed by atoms with Crippen LogP contribution in [-0.4, -0.2) is 30.4 Å². The van der Waals surface area contributed by atoms with Crippen molar-refractivity contribution in [3.63, 3.8) is 0 Å². The van der Waals surface area contributed by atoms with Crippen molar-refractivity contribution in [1.29, 1.82) is 0 Å². The zero-order valence-electron chi connectivity index (χ0n) is 9.39. The van der Waals surface area contributed by atoms with Gasteiger partial charge in [0.25, 0.3) is 0 Å². The van der Waals surface area contributed by atoms with Gasteiger partial charge in [0, 0.05) is 6.61 Å². The number of anilines is 1. The van der Waals surface area contributed by atoms with Gasteiger partial charge in [-0.3, -0.25) is 0 Å². The van der Waals surface area contributed by atoms with Gasteiger partial charge in [0.15, 0.2) is 5.75 Å². The third kappa shape index (κ3) is 2.68. The van der Waals surface area contributed by atoms with Crippen molar-refractivity contribution in [2.24, 2.45) is 0 Å². The number of rotatable bonds is 4. The van der Waals surface area contributed by atoms with Crippen LogP contribution in [0.25, 0.3) is 0 Å². The summed E-state index contributed by atoms with van der Waals surface area (Å²) in [4.78, 5) is 11.0. The molecular weight excluding hydrogens is 222 g/mol. The summed E-state index contributed by atoms with van der Waals surface area (Å²) in [5.41, 5.74) is 6.14. The molecular formula is C12H15NO4. The SMILES string of the molecule is Nc1cccc(C(=O)O)c1OCC1CCCO1. The van der Waals surface area contributed by atoms with Crippen LogP contribution >= 0.6 is 0 Å². The highest BCUT2D eigenvalue weighted by Gasteiger charge is 2.19. The number of hydrogen-bond donors (Lipinski definition) is 2. The highest BCUT2D eigenvalue weighted by Crippen LogP contribution is 2.27. The van der Waals surface area contributed by atoms with Gasteiger partial charge in [0.1, 0.15) is 12.2 Å². The second kappa shape index (κ2) is 5.05. The van der Waals surface area contributed by atoms with E-state index in [-0.39, 0.29) is 17.4 Å². The molecule has 5 heteroatoms. The second-order valence-corrected chi connectivity index (χ2v) is 3.98. The van der Waals surface area contributed by atoms with Crippen LogP contribution in [0.15, 0.2) is 18.2 Å². The number of benzene rings is 1. The number of nitrogens with two attached hydrogens (primary N) is 1.